The van der Waals surface area contributed by atoms with Crippen molar-refractivity contribution in [1.82, 2.24) is 5.32 Å². The maximum absolute atomic E-state index is 6.50. The highest BCUT2D eigenvalue weighted by atomic mass is 14.8. The standard InChI is InChI=1S/C23H27N.C8H12.C7H12.C3H7N.5C2H6/c1-18(2)7-10-21-13-14-23(20(4)16-21)6-5-15-24-17-22-11-8-19(3)9-12-22;1-4-6-7-8(3)5-2;1-7-5-3-2-4-6-7;1-3(2)4;5*1-2/h8-9,11-14,16,24H,1,7,10,15,17H2,2-4H3;4-7H,2H2,1,3H3;3,5,7H,2,4,6H2,1H3;4H,1-2H3;5*1-2H3/b;6-4-,8-7-;;;;;;;. The quantitative estimate of drug-likeness (QED) is 0.0917. The van der Waals surface area contributed by atoms with Crippen LogP contribution < -0.4 is 5.32 Å². The van der Waals surface area contributed by atoms with Crippen LogP contribution in [0.15, 0.2) is 103 Å². The first-order valence-electron chi connectivity index (χ1n) is 20.6. The van der Waals surface area contributed by atoms with Crippen LogP contribution in [0.4, 0.5) is 0 Å². The second-order valence-corrected chi connectivity index (χ2v) is 11.5. The third-order valence-electron chi connectivity index (χ3n) is 6.39. The minimum Gasteiger partial charge on any atom is -0.310 e. The third-order valence-corrected chi connectivity index (χ3v) is 6.39. The topological polar surface area (TPSA) is 35.9 Å². The Morgan fingerprint density at radius 3 is 1.79 bits per heavy atom. The summed E-state index contributed by atoms with van der Waals surface area (Å²) < 4.78 is 0. The molecule has 2 N–H and O–H groups in total. The molecule has 0 heterocycles. The van der Waals surface area contributed by atoms with Gasteiger partial charge in [0, 0.05) is 17.8 Å². The zero-order valence-electron chi connectivity index (χ0n) is 38.4. The molecule has 0 aromatic heterocycles. The Hall–Kier alpha value is -3.67. The molecule has 0 spiro atoms. The second kappa shape index (κ2) is 50.4. The largest absolute Gasteiger partial charge is 0.310 e. The summed E-state index contributed by atoms with van der Waals surface area (Å²) in [6.45, 7) is 45.2. The maximum Gasteiger partial charge on any atom is 0.0582 e. The minimum absolute atomic E-state index is 0.667. The average molecular weight is 729 g/mol. The summed E-state index contributed by atoms with van der Waals surface area (Å²) in [5, 5.41) is 9.87. The Bertz CT molecular complexity index is 1240. The lowest BCUT2D eigenvalue weighted by atomic mass is 9.98. The highest BCUT2D eigenvalue weighted by Gasteiger charge is 2.00. The summed E-state index contributed by atoms with van der Waals surface area (Å²) in [7, 11) is 0. The molecule has 0 saturated carbocycles. The summed E-state index contributed by atoms with van der Waals surface area (Å²) in [5.74, 6) is 7.34. The molecule has 0 saturated heterocycles. The van der Waals surface area contributed by atoms with Crippen molar-refractivity contribution in [2.75, 3.05) is 6.54 Å². The van der Waals surface area contributed by atoms with Crippen LogP contribution in [0.1, 0.15) is 164 Å². The first-order chi connectivity index (χ1) is 25.5. The molecule has 2 aromatic carbocycles. The first kappa shape index (κ1) is 61.4. The van der Waals surface area contributed by atoms with E-state index in [9.17, 15) is 0 Å². The zero-order valence-corrected chi connectivity index (χ0v) is 38.4. The normalized spacial score (nSPS) is 11.6. The molecule has 0 amide bonds. The molecule has 0 radical (unpaired) electrons. The van der Waals surface area contributed by atoms with E-state index in [1.54, 1.807) is 13.8 Å². The van der Waals surface area contributed by atoms with E-state index in [1.807, 2.05) is 107 Å². The Kier molecular flexibility index (Phi) is 58.4. The van der Waals surface area contributed by atoms with Gasteiger partial charge >= 0.3 is 0 Å². The number of aryl methyl sites for hydroxylation is 3. The van der Waals surface area contributed by atoms with Crippen LogP contribution in [0, 0.1) is 37.0 Å². The van der Waals surface area contributed by atoms with Crippen LogP contribution in [-0.4, -0.2) is 12.3 Å². The predicted octanol–water partition coefficient (Wildman–Crippen LogP) is 16.2. The number of nitrogens with one attached hydrogen (secondary N) is 2. The van der Waals surface area contributed by atoms with Gasteiger partial charge in [-0.1, -0.05) is 184 Å². The fourth-order valence-corrected chi connectivity index (χ4v) is 3.79. The van der Waals surface area contributed by atoms with Crippen molar-refractivity contribution in [3.63, 3.8) is 0 Å². The smallest absolute Gasteiger partial charge is 0.0582 e. The SMILES string of the molecule is C=C(C)CCc1ccc(C#CCNCc2ccc(C)cc2)c(C)c1.C=C/C(C)=C\C=C/C.CC.CC.CC.CC.CC.CC(C)=N.CC1C=CCCC1. The fourth-order valence-electron chi connectivity index (χ4n) is 3.79. The molecular weight excluding hydrogens is 641 g/mol. The monoisotopic (exact) mass is 729 g/mol. The molecule has 0 bridgehead atoms. The average Bonchev–Trinajstić information content (AvgIpc) is 3.19. The van der Waals surface area contributed by atoms with Crippen molar-refractivity contribution in [2.45, 2.75) is 163 Å². The number of rotatable bonds is 8. The van der Waals surface area contributed by atoms with Crippen LogP contribution in [0.2, 0.25) is 0 Å². The fraction of sp³-hybridized carbons (Fsp3) is 0.510. The van der Waals surface area contributed by atoms with E-state index >= 15 is 0 Å². The van der Waals surface area contributed by atoms with Crippen molar-refractivity contribution in [3.8, 4) is 11.8 Å². The summed E-state index contributed by atoms with van der Waals surface area (Å²) >= 11 is 0. The van der Waals surface area contributed by atoms with E-state index in [2.05, 4.69) is 113 Å². The van der Waals surface area contributed by atoms with E-state index in [0.29, 0.717) is 12.3 Å². The molecule has 1 aliphatic rings. The Balaban J connectivity index is -0.000000156. The van der Waals surface area contributed by atoms with E-state index in [1.165, 1.54) is 52.7 Å². The summed E-state index contributed by atoms with van der Waals surface area (Å²) in [6.07, 6.45) is 18.7. The van der Waals surface area contributed by atoms with Crippen molar-refractivity contribution < 1.29 is 0 Å². The molecule has 53 heavy (non-hydrogen) atoms. The van der Waals surface area contributed by atoms with Crippen LogP contribution >= 0.6 is 0 Å². The minimum atomic E-state index is 0.667. The molecule has 1 atom stereocenters. The third kappa shape index (κ3) is 48.3. The number of benzene rings is 2. The van der Waals surface area contributed by atoms with Gasteiger partial charge in [-0.3, -0.25) is 0 Å². The second-order valence-electron chi connectivity index (χ2n) is 11.5. The lowest BCUT2D eigenvalue weighted by molar-refractivity contribution is 0.584. The number of allylic oxidation sites excluding steroid dienone is 8. The van der Waals surface area contributed by atoms with E-state index < -0.39 is 0 Å². The first-order valence-corrected chi connectivity index (χ1v) is 20.6. The van der Waals surface area contributed by atoms with Gasteiger partial charge < -0.3 is 10.7 Å². The van der Waals surface area contributed by atoms with Gasteiger partial charge in [0.05, 0.1) is 6.54 Å². The molecule has 1 unspecified atom stereocenters. The maximum atomic E-state index is 6.50. The summed E-state index contributed by atoms with van der Waals surface area (Å²) in [5.41, 5.74) is 9.41. The molecular formula is C51H88N2. The molecule has 2 aromatic rings. The molecule has 2 heteroatoms. The van der Waals surface area contributed by atoms with Crippen molar-refractivity contribution in [3.05, 3.63) is 131 Å². The van der Waals surface area contributed by atoms with Gasteiger partial charge in [0.25, 0.3) is 0 Å². The van der Waals surface area contributed by atoms with Crippen molar-refractivity contribution >= 4 is 5.71 Å². The van der Waals surface area contributed by atoms with Gasteiger partial charge in [-0.15, -0.1) is 6.58 Å². The number of hydrogen-bond donors (Lipinski definition) is 2. The van der Waals surface area contributed by atoms with Crippen LogP contribution in [0.25, 0.3) is 0 Å². The Labute approximate surface area is 334 Å². The van der Waals surface area contributed by atoms with Gasteiger partial charge in [-0.2, -0.15) is 0 Å². The summed E-state index contributed by atoms with van der Waals surface area (Å²) in [6, 6.07) is 15.2. The molecule has 1 aliphatic carbocycles. The van der Waals surface area contributed by atoms with Gasteiger partial charge in [0.15, 0.2) is 0 Å². The zero-order chi connectivity index (χ0) is 42.5. The van der Waals surface area contributed by atoms with Crippen LogP contribution in [-0.2, 0) is 13.0 Å². The van der Waals surface area contributed by atoms with Gasteiger partial charge in [-0.05, 0) is 109 Å². The van der Waals surface area contributed by atoms with E-state index in [0.717, 1.165) is 30.9 Å². The molecule has 302 valence electrons. The van der Waals surface area contributed by atoms with E-state index in [4.69, 9.17) is 5.41 Å². The Morgan fingerprint density at radius 2 is 1.40 bits per heavy atom. The van der Waals surface area contributed by atoms with Gasteiger partial charge in [0.1, 0.15) is 0 Å². The lowest BCUT2D eigenvalue weighted by Gasteiger charge is -2.08. The molecule has 0 aliphatic heterocycles. The van der Waals surface area contributed by atoms with E-state index in [-0.39, 0.29) is 0 Å². The van der Waals surface area contributed by atoms with Crippen molar-refractivity contribution in [2.24, 2.45) is 5.92 Å². The predicted molar refractivity (Wildman–Crippen MR) is 251 cm³/mol. The Morgan fingerprint density at radius 1 is 0.868 bits per heavy atom. The van der Waals surface area contributed by atoms with Crippen LogP contribution in [0.3, 0.4) is 0 Å². The van der Waals surface area contributed by atoms with Crippen molar-refractivity contribution in [1.29, 1.82) is 5.41 Å². The summed E-state index contributed by atoms with van der Waals surface area (Å²) in [4.78, 5) is 0. The molecule has 0 fully saturated rings. The molecule has 3 rings (SSSR count). The number of hydrogen-bond acceptors (Lipinski definition) is 2. The van der Waals surface area contributed by atoms with Gasteiger partial charge in [0.2, 0.25) is 0 Å². The van der Waals surface area contributed by atoms with Gasteiger partial charge in [-0.25, -0.2) is 0 Å². The highest BCUT2D eigenvalue weighted by Crippen LogP contribution is 2.15. The lowest BCUT2D eigenvalue weighted by Crippen LogP contribution is -2.13. The highest BCUT2D eigenvalue weighted by molar-refractivity contribution is 5.75. The molecule has 2 nitrogen and oxygen atoms in total. The van der Waals surface area contributed by atoms with Crippen LogP contribution in [0.5, 0.6) is 0 Å².